The van der Waals surface area contributed by atoms with Gasteiger partial charge in [-0.05, 0) is 74.6 Å². The van der Waals surface area contributed by atoms with E-state index in [9.17, 15) is 4.79 Å². The number of hydrogen-bond donors (Lipinski definition) is 0. The van der Waals surface area contributed by atoms with E-state index < -0.39 is 0 Å². The third-order valence-electron chi connectivity index (χ3n) is 5.09. The predicted octanol–water partition coefficient (Wildman–Crippen LogP) is 8.01. The quantitative estimate of drug-likeness (QED) is 0.190. The minimum Gasteiger partial charge on any atom is -0.491 e. The molecule has 2 aromatic rings. The molecule has 0 bridgehead atoms. The summed E-state index contributed by atoms with van der Waals surface area (Å²) in [5.41, 5.74) is 1.81. The van der Waals surface area contributed by atoms with E-state index >= 15 is 0 Å². The highest BCUT2D eigenvalue weighted by atomic mass is 16.5. The van der Waals surface area contributed by atoms with Gasteiger partial charge in [-0.25, -0.2) is 4.79 Å². The Labute approximate surface area is 183 Å². The Bertz CT molecular complexity index is 704. The summed E-state index contributed by atoms with van der Waals surface area (Å²) in [7, 11) is 0. The number of carbonyl (C=O) groups excluding carboxylic acids is 1. The standard InChI is InChI=1S/C26H36O3.CH4/c1-4-6-8-10-11-21(3)28-24-19-15-23(16-20-24)26(27)29-25-17-13-22(14-18-25)12-9-7-5-2;/h13-21H,4-12H2,1-3H3;1H4. The molecule has 0 saturated heterocycles. The lowest BCUT2D eigenvalue weighted by Gasteiger charge is -2.14. The van der Waals surface area contributed by atoms with Crippen LogP contribution in [0, 0.1) is 0 Å². The zero-order valence-electron chi connectivity index (χ0n) is 18.3. The Morgan fingerprint density at radius 3 is 2.03 bits per heavy atom. The maximum absolute atomic E-state index is 12.4. The summed E-state index contributed by atoms with van der Waals surface area (Å²) in [5, 5.41) is 0. The third kappa shape index (κ3) is 9.47. The van der Waals surface area contributed by atoms with Crippen molar-refractivity contribution in [1.29, 1.82) is 0 Å². The summed E-state index contributed by atoms with van der Waals surface area (Å²) in [6.07, 6.45) is 10.9. The van der Waals surface area contributed by atoms with Gasteiger partial charge in [-0.2, -0.15) is 0 Å². The lowest BCUT2D eigenvalue weighted by molar-refractivity contribution is 0.0734. The maximum atomic E-state index is 12.4. The van der Waals surface area contributed by atoms with Gasteiger partial charge >= 0.3 is 5.97 Å². The van der Waals surface area contributed by atoms with Crippen LogP contribution in [0.1, 0.15) is 95.5 Å². The fourth-order valence-electron chi connectivity index (χ4n) is 3.29. The van der Waals surface area contributed by atoms with Gasteiger partial charge in [-0.15, -0.1) is 0 Å². The largest absolute Gasteiger partial charge is 0.491 e. The molecule has 0 fully saturated rings. The highest BCUT2D eigenvalue weighted by molar-refractivity contribution is 5.91. The molecule has 0 saturated carbocycles. The molecule has 2 rings (SSSR count). The van der Waals surface area contributed by atoms with Crippen molar-refractivity contribution in [2.75, 3.05) is 0 Å². The normalized spacial score (nSPS) is 11.4. The van der Waals surface area contributed by atoms with Gasteiger partial charge in [0.2, 0.25) is 0 Å². The van der Waals surface area contributed by atoms with Crippen LogP contribution in [0.2, 0.25) is 0 Å². The molecule has 0 spiro atoms. The second kappa shape index (κ2) is 14.7. The van der Waals surface area contributed by atoms with Gasteiger partial charge in [0.1, 0.15) is 11.5 Å². The summed E-state index contributed by atoms with van der Waals surface area (Å²) in [5.74, 6) is 1.03. The van der Waals surface area contributed by atoms with Gasteiger partial charge in [0, 0.05) is 0 Å². The first kappa shape index (κ1) is 25.7. The van der Waals surface area contributed by atoms with Gasteiger partial charge in [0.25, 0.3) is 0 Å². The first-order valence-electron chi connectivity index (χ1n) is 11.2. The highest BCUT2D eigenvalue weighted by Crippen LogP contribution is 2.19. The molecule has 0 amide bonds. The van der Waals surface area contributed by atoms with Gasteiger partial charge < -0.3 is 9.47 Å². The van der Waals surface area contributed by atoms with Gasteiger partial charge in [-0.1, -0.05) is 65.5 Å². The van der Waals surface area contributed by atoms with Crippen molar-refractivity contribution in [2.24, 2.45) is 0 Å². The van der Waals surface area contributed by atoms with Crippen molar-refractivity contribution in [1.82, 2.24) is 0 Å². The SMILES string of the molecule is C.CCCCCCC(C)Oc1ccc(C(=O)Oc2ccc(CCCCC)cc2)cc1. The number of aryl methyl sites for hydroxylation is 1. The van der Waals surface area contributed by atoms with E-state index in [4.69, 9.17) is 9.47 Å². The Morgan fingerprint density at radius 2 is 1.40 bits per heavy atom. The second-order valence-corrected chi connectivity index (χ2v) is 7.79. The smallest absolute Gasteiger partial charge is 0.343 e. The minimum atomic E-state index is -0.345. The van der Waals surface area contributed by atoms with Crippen molar-refractivity contribution < 1.29 is 14.3 Å². The molecule has 30 heavy (non-hydrogen) atoms. The van der Waals surface area contributed by atoms with Crippen molar-refractivity contribution in [3.63, 3.8) is 0 Å². The number of carbonyl (C=O) groups is 1. The monoisotopic (exact) mass is 412 g/mol. The van der Waals surface area contributed by atoms with Crippen LogP contribution in [0.4, 0.5) is 0 Å². The summed E-state index contributed by atoms with van der Waals surface area (Å²) in [6.45, 7) is 6.52. The van der Waals surface area contributed by atoms with Crippen molar-refractivity contribution in [3.05, 3.63) is 59.7 Å². The van der Waals surface area contributed by atoms with Crippen molar-refractivity contribution in [3.8, 4) is 11.5 Å². The van der Waals surface area contributed by atoms with Crippen LogP contribution in [0.15, 0.2) is 48.5 Å². The Balaban J connectivity index is 0.00000450. The average Bonchev–Trinajstić information content (AvgIpc) is 2.73. The molecule has 0 N–H and O–H groups in total. The lowest BCUT2D eigenvalue weighted by atomic mass is 10.1. The summed E-state index contributed by atoms with van der Waals surface area (Å²) < 4.78 is 11.4. The van der Waals surface area contributed by atoms with E-state index in [-0.39, 0.29) is 19.5 Å². The second-order valence-electron chi connectivity index (χ2n) is 7.79. The molecule has 3 heteroatoms. The maximum Gasteiger partial charge on any atom is 0.343 e. The molecular formula is C27H40O3. The van der Waals surface area contributed by atoms with E-state index in [0.717, 1.165) is 18.6 Å². The molecule has 0 aromatic heterocycles. The summed E-state index contributed by atoms with van der Waals surface area (Å²) >= 11 is 0. The molecule has 1 atom stereocenters. The van der Waals surface area contributed by atoms with Crippen LogP contribution in [0.5, 0.6) is 11.5 Å². The molecule has 2 aromatic carbocycles. The van der Waals surface area contributed by atoms with Gasteiger partial charge in [0.15, 0.2) is 0 Å². The van der Waals surface area contributed by atoms with E-state index in [0.29, 0.717) is 11.3 Å². The molecule has 0 aliphatic rings. The molecule has 0 heterocycles. The minimum absolute atomic E-state index is 0. The predicted molar refractivity (Wildman–Crippen MR) is 127 cm³/mol. The van der Waals surface area contributed by atoms with Crippen molar-refractivity contribution >= 4 is 5.97 Å². The number of unbranched alkanes of at least 4 members (excludes halogenated alkanes) is 5. The number of benzene rings is 2. The van der Waals surface area contributed by atoms with E-state index in [2.05, 4.69) is 20.8 Å². The lowest BCUT2D eigenvalue weighted by Crippen LogP contribution is -2.12. The summed E-state index contributed by atoms with van der Waals surface area (Å²) in [4.78, 5) is 12.4. The van der Waals surface area contributed by atoms with Crippen LogP contribution in [0.25, 0.3) is 0 Å². The molecule has 3 nitrogen and oxygen atoms in total. The van der Waals surface area contributed by atoms with Crippen LogP contribution >= 0.6 is 0 Å². The molecule has 166 valence electrons. The molecular weight excluding hydrogens is 372 g/mol. The molecule has 0 aliphatic heterocycles. The van der Waals surface area contributed by atoms with E-state index in [1.54, 1.807) is 12.1 Å². The first-order chi connectivity index (χ1) is 14.1. The van der Waals surface area contributed by atoms with Crippen LogP contribution in [0.3, 0.4) is 0 Å². The van der Waals surface area contributed by atoms with Gasteiger partial charge in [0.05, 0.1) is 11.7 Å². The third-order valence-corrected chi connectivity index (χ3v) is 5.09. The fourth-order valence-corrected chi connectivity index (χ4v) is 3.29. The van der Waals surface area contributed by atoms with Crippen LogP contribution in [-0.4, -0.2) is 12.1 Å². The van der Waals surface area contributed by atoms with Crippen LogP contribution < -0.4 is 9.47 Å². The Kier molecular flexibility index (Phi) is 12.6. The molecule has 0 radical (unpaired) electrons. The Hall–Kier alpha value is -2.29. The molecule has 1 unspecified atom stereocenters. The number of rotatable bonds is 13. The van der Waals surface area contributed by atoms with Gasteiger partial charge in [-0.3, -0.25) is 0 Å². The Morgan fingerprint density at radius 1 is 0.800 bits per heavy atom. The van der Waals surface area contributed by atoms with Crippen molar-refractivity contribution in [2.45, 2.75) is 92.1 Å². The topological polar surface area (TPSA) is 35.5 Å². The number of esters is 1. The zero-order valence-corrected chi connectivity index (χ0v) is 18.3. The zero-order chi connectivity index (χ0) is 20.9. The first-order valence-corrected chi connectivity index (χ1v) is 11.2. The summed E-state index contributed by atoms with van der Waals surface area (Å²) in [6, 6.07) is 15.0. The fraction of sp³-hybridized carbons (Fsp3) is 0.519. The molecule has 0 aliphatic carbocycles. The number of ether oxygens (including phenoxy) is 2. The van der Waals surface area contributed by atoms with E-state index in [1.807, 2.05) is 36.4 Å². The van der Waals surface area contributed by atoms with E-state index in [1.165, 1.54) is 50.5 Å². The van der Waals surface area contributed by atoms with Crippen LogP contribution in [-0.2, 0) is 6.42 Å². The highest BCUT2D eigenvalue weighted by Gasteiger charge is 2.10. The number of hydrogen-bond acceptors (Lipinski definition) is 3. The average molecular weight is 413 g/mol.